The van der Waals surface area contributed by atoms with E-state index in [1.54, 1.807) is 7.11 Å². The highest BCUT2D eigenvalue weighted by atomic mass is 16.7. The summed E-state index contributed by atoms with van der Waals surface area (Å²) in [4.78, 5) is 0. The van der Waals surface area contributed by atoms with Gasteiger partial charge in [0.05, 0.1) is 0 Å². The number of methoxy groups -OCH3 is 1. The normalized spacial score (nSPS) is 13.0. The molecule has 0 aliphatic carbocycles. The second kappa shape index (κ2) is 13.4. The second-order valence-corrected chi connectivity index (χ2v) is 6.46. The van der Waals surface area contributed by atoms with Gasteiger partial charge in [-0.25, -0.2) is 0 Å². The summed E-state index contributed by atoms with van der Waals surface area (Å²) in [6.07, 6.45) is 0.996. The maximum Gasteiger partial charge on any atom is 0.204 e. The summed E-state index contributed by atoms with van der Waals surface area (Å²) in [7, 11) is 1.67. The van der Waals surface area contributed by atoms with Crippen molar-refractivity contribution < 1.29 is 9.47 Å². The Hall–Kier alpha value is -1.06. The largest absolute Gasteiger partial charge is 0.464 e. The van der Waals surface area contributed by atoms with Gasteiger partial charge in [-0.3, -0.25) is 0 Å². The van der Waals surface area contributed by atoms with E-state index < -0.39 is 0 Å². The number of nitrogens with two attached hydrogens (primary N) is 1. The lowest BCUT2D eigenvalue weighted by Crippen LogP contribution is -2.33. The first-order valence-electron chi connectivity index (χ1n) is 8.79. The first-order valence-corrected chi connectivity index (χ1v) is 8.79. The molecule has 0 radical (unpaired) electrons. The predicted molar refractivity (Wildman–Crippen MR) is 102 cm³/mol. The fourth-order valence-corrected chi connectivity index (χ4v) is 1.71. The summed E-state index contributed by atoms with van der Waals surface area (Å²) < 4.78 is 11.2. The molecule has 2 N–H and O–H groups in total. The van der Waals surface area contributed by atoms with Crippen molar-refractivity contribution >= 4 is 0 Å². The zero-order valence-corrected chi connectivity index (χ0v) is 16.8. The molecule has 0 amide bonds. The minimum atomic E-state index is -0.254. The molecular weight excluding hydrogens is 286 g/mol. The molecule has 1 rings (SSSR count). The Kier molecular flexibility index (Phi) is 14.1. The van der Waals surface area contributed by atoms with Crippen LogP contribution in [0.25, 0.3) is 0 Å². The lowest BCUT2D eigenvalue weighted by molar-refractivity contribution is -0.120. The quantitative estimate of drug-likeness (QED) is 0.718. The van der Waals surface area contributed by atoms with Gasteiger partial charge in [0, 0.05) is 12.5 Å². The molecule has 3 nitrogen and oxygen atoms in total. The monoisotopic (exact) mass is 325 g/mol. The Labute approximate surface area is 144 Å². The molecule has 0 aromatic heterocycles. The van der Waals surface area contributed by atoms with E-state index in [-0.39, 0.29) is 11.7 Å². The van der Waals surface area contributed by atoms with E-state index >= 15 is 0 Å². The van der Waals surface area contributed by atoms with Crippen LogP contribution in [0.5, 0.6) is 5.75 Å². The van der Waals surface area contributed by atoms with Gasteiger partial charge in [-0.05, 0) is 30.2 Å². The summed E-state index contributed by atoms with van der Waals surface area (Å²) in [6.45, 7) is 17.3. The third-order valence-corrected chi connectivity index (χ3v) is 2.97. The Morgan fingerprint density at radius 2 is 1.48 bits per heavy atom. The van der Waals surface area contributed by atoms with Gasteiger partial charge < -0.3 is 15.2 Å². The molecule has 0 spiro atoms. The van der Waals surface area contributed by atoms with Gasteiger partial charge in [0.2, 0.25) is 6.29 Å². The highest BCUT2D eigenvalue weighted by Crippen LogP contribution is 2.26. The third-order valence-electron chi connectivity index (χ3n) is 2.97. The van der Waals surface area contributed by atoms with Crippen LogP contribution in [0.4, 0.5) is 0 Å². The first kappa shape index (κ1) is 24.2. The van der Waals surface area contributed by atoms with Crippen LogP contribution in [0.2, 0.25) is 0 Å². The molecule has 0 bridgehead atoms. The smallest absolute Gasteiger partial charge is 0.204 e. The number of benzene rings is 1. The van der Waals surface area contributed by atoms with Crippen molar-refractivity contribution in [2.75, 3.05) is 13.7 Å². The minimum Gasteiger partial charge on any atom is -0.464 e. The fourth-order valence-electron chi connectivity index (χ4n) is 1.71. The average Bonchev–Trinajstić information content (AvgIpc) is 2.54. The molecule has 0 aliphatic heterocycles. The SMILES string of the molecule is CC.CCC.COC(Oc1ccc(C(C)CN)cc1)C(C)(C)C. The zero-order chi connectivity index (χ0) is 18.5. The number of ether oxygens (including phenoxy) is 2. The number of rotatable bonds is 5. The second-order valence-electron chi connectivity index (χ2n) is 6.46. The Morgan fingerprint density at radius 3 is 1.78 bits per heavy atom. The van der Waals surface area contributed by atoms with Crippen molar-refractivity contribution in [2.45, 2.75) is 74.0 Å². The molecule has 0 saturated heterocycles. The molecule has 2 atom stereocenters. The van der Waals surface area contributed by atoms with Gasteiger partial charge in [-0.2, -0.15) is 0 Å². The van der Waals surface area contributed by atoms with E-state index in [4.69, 9.17) is 15.2 Å². The average molecular weight is 326 g/mol. The van der Waals surface area contributed by atoms with Gasteiger partial charge in [-0.15, -0.1) is 0 Å². The van der Waals surface area contributed by atoms with Crippen LogP contribution < -0.4 is 10.5 Å². The highest BCUT2D eigenvalue weighted by Gasteiger charge is 2.26. The molecule has 1 aromatic rings. The summed E-state index contributed by atoms with van der Waals surface area (Å²) in [5.41, 5.74) is 6.82. The topological polar surface area (TPSA) is 44.5 Å². The highest BCUT2D eigenvalue weighted by molar-refractivity contribution is 5.29. The summed E-state index contributed by atoms with van der Waals surface area (Å²) in [5, 5.41) is 0. The number of hydrogen-bond acceptors (Lipinski definition) is 3. The van der Waals surface area contributed by atoms with Crippen LogP contribution in [0, 0.1) is 5.41 Å². The van der Waals surface area contributed by atoms with E-state index in [2.05, 4.69) is 53.7 Å². The number of hydrogen-bond donors (Lipinski definition) is 1. The molecule has 0 aliphatic rings. The van der Waals surface area contributed by atoms with E-state index in [0.29, 0.717) is 12.5 Å². The lowest BCUT2D eigenvalue weighted by Gasteiger charge is -2.29. The minimum absolute atomic E-state index is 0.0576. The molecule has 0 fully saturated rings. The maximum absolute atomic E-state index is 5.84. The maximum atomic E-state index is 5.84. The lowest BCUT2D eigenvalue weighted by atomic mass is 9.96. The molecular formula is C20H39NO2. The van der Waals surface area contributed by atoms with Crippen molar-refractivity contribution in [1.82, 2.24) is 0 Å². The van der Waals surface area contributed by atoms with Gasteiger partial charge in [0.1, 0.15) is 5.75 Å². The summed E-state index contributed by atoms with van der Waals surface area (Å²) in [6, 6.07) is 8.06. The van der Waals surface area contributed by atoms with Crippen molar-refractivity contribution in [3.8, 4) is 5.75 Å². The first-order chi connectivity index (χ1) is 10.8. The van der Waals surface area contributed by atoms with Crippen molar-refractivity contribution in [3.05, 3.63) is 29.8 Å². The van der Waals surface area contributed by atoms with Crippen molar-refractivity contribution in [2.24, 2.45) is 11.1 Å². The zero-order valence-electron chi connectivity index (χ0n) is 16.8. The molecule has 136 valence electrons. The van der Waals surface area contributed by atoms with Gasteiger partial charge in [0.25, 0.3) is 0 Å². The Balaban J connectivity index is 0. The molecule has 0 saturated carbocycles. The Morgan fingerprint density at radius 1 is 1.04 bits per heavy atom. The Bertz CT molecular complexity index is 368. The van der Waals surface area contributed by atoms with E-state index in [0.717, 1.165) is 5.75 Å². The third kappa shape index (κ3) is 10.4. The molecule has 3 heteroatoms. The van der Waals surface area contributed by atoms with Crippen LogP contribution in [-0.4, -0.2) is 19.9 Å². The van der Waals surface area contributed by atoms with Crippen molar-refractivity contribution in [1.29, 1.82) is 0 Å². The van der Waals surface area contributed by atoms with Crippen LogP contribution in [-0.2, 0) is 4.74 Å². The predicted octanol–water partition coefficient (Wildman–Crippen LogP) is 5.59. The van der Waals surface area contributed by atoms with E-state index in [9.17, 15) is 0 Å². The van der Waals surface area contributed by atoms with E-state index in [1.165, 1.54) is 12.0 Å². The van der Waals surface area contributed by atoms with Gasteiger partial charge in [-0.1, -0.05) is 73.9 Å². The summed E-state index contributed by atoms with van der Waals surface area (Å²) >= 11 is 0. The van der Waals surface area contributed by atoms with Crippen LogP contribution in [0.1, 0.15) is 73.3 Å². The fraction of sp³-hybridized carbons (Fsp3) is 0.700. The van der Waals surface area contributed by atoms with Gasteiger partial charge >= 0.3 is 0 Å². The van der Waals surface area contributed by atoms with Gasteiger partial charge in [0.15, 0.2) is 0 Å². The molecule has 2 unspecified atom stereocenters. The van der Waals surface area contributed by atoms with Crippen LogP contribution >= 0.6 is 0 Å². The standard InChI is InChI=1S/C15H25NO2.C3H8.C2H6/c1-11(10-16)12-6-8-13(9-7-12)18-14(17-5)15(2,3)4;1-3-2;1-2/h6-9,11,14H,10,16H2,1-5H3;3H2,1-2H3;1-2H3. The van der Waals surface area contributed by atoms with Crippen LogP contribution in [0.15, 0.2) is 24.3 Å². The molecule has 0 heterocycles. The molecule has 23 heavy (non-hydrogen) atoms. The summed E-state index contributed by atoms with van der Waals surface area (Å²) in [5.74, 6) is 1.20. The van der Waals surface area contributed by atoms with Crippen molar-refractivity contribution in [3.63, 3.8) is 0 Å². The van der Waals surface area contributed by atoms with E-state index in [1.807, 2.05) is 26.0 Å². The molecule has 1 aromatic carbocycles. The van der Waals surface area contributed by atoms with Crippen LogP contribution in [0.3, 0.4) is 0 Å².